The van der Waals surface area contributed by atoms with E-state index < -0.39 is 0 Å². The van der Waals surface area contributed by atoms with Gasteiger partial charge in [0.05, 0.1) is 22.5 Å². The summed E-state index contributed by atoms with van der Waals surface area (Å²) in [6.07, 6.45) is 1.44. The highest BCUT2D eigenvalue weighted by Gasteiger charge is 2.16. The Labute approximate surface area is 165 Å². The van der Waals surface area contributed by atoms with Crippen molar-refractivity contribution in [2.75, 3.05) is 0 Å². The standard InChI is InChI=1S/C21H18N4O2S/c1-13-8-9-18(26)15(10-13)12-22-23-20(27)19-11-17-14(2)24-25(21(17)28-19)16-6-4-3-5-7-16/h3-12,26H,1-2H3,(H,23,27)/b22-12-. The molecule has 0 spiro atoms. The van der Waals surface area contributed by atoms with Gasteiger partial charge >= 0.3 is 0 Å². The van der Waals surface area contributed by atoms with Crippen LogP contribution in [0.25, 0.3) is 15.9 Å². The van der Waals surface area contributed by atoms with E-state index in [4.69, 9.17) is 0 Å². The van der Waals surface area contributed by atoms with E-state index in [-0.39, 0.29) is 11.7 Å². The van der Waals surface area contributed by atoms with Crippen LogP contribution in [-0.2, 0) is 0 Å². The van der Waals surface area contributed by atoms with Gasteiger partial charge in [0.1, 0.15) is 10.6 Å². The smallest absolute Gasteiger partial charge is 0.281 e. The Kier molecular flexibility index (Phi) is 4.67. The van der Waals surface area contributed by atoms with Crippen molar-refractivity contribution in [2.45, 2.75) is 13.8 Å². The quantitative estimate of drug-likeness (QED) is 0.405. The molecule has 140 valence electrons. The Morgan fingerprint density at radius 2 is 1.96 bits per heavy atom. The number of rotatable bonds is 4. The number of carbonyl (C=O) groups excluding carboxylic acids is 1. The third-order valence-corrected chi connectivity index (χ3v) is 5.43. The minimum absolute atomic E-state index is 0.115. The largest absolute Gasteiger partial charge is 0.507 e. The van der Waals surface area contributed by atoms with E-state index in [9.17, 15) is 9.90 Å². The minimum atomic E-state index is -0.302. The van der Waals surface area contributed by atoms with Crippen LogP contribution >= 0.6 is 11.3 Å². The Morgan fingerprint density at radius 3 is 2.75 bits per heavy atom. The van der Waals surface area contributed by atoms with Gasteiger partial charge in [-0.3, -0.25) is 4.79 Å². The summed E-state index contributed by atoms with van der Waals surface area (Å²) >= 11 is 1.36. The number of phenols is 1. The monoisotopic (exact) mass is 390 g/mol. The summed E-state index contributed by atoms with van der Waals surface area (Å²) < 4.78 is 1.85. The number of para-hydroxylation sites is 1. The van der Waals surface area contributed by atoms with Crippen LogP contribution in [0.15, 0.2) is 59.7 Å². The van der Waals surface area contributed by atoms with Crippen molar-refractivity contribution in [1.29, 1.82) is 0 Å². The van der Waals surface area contributed by atoms with Crippen LogP contribution in [0.2, 0.25) is 0 Å². The predicted molar refractivity (Wildman–Crippen MR) is 112 cm³/mol. The third kappa shape index (κ3) is 3.39. The van der Waals surface area contributed by atoms with Crippen LogP contribution in [-0.4, -0.2) is 27.0 Å². The zero-order valence-electron chi connectivity index (χ0n) is 15.4. The van der Waals surface area contributed by atoms with Gasteiger partial charge < -0.3 is 5.11 Å². The van der Waals surface area contributed by atoms with E-state index in [1.54, 1.807) is 18.2 Å². The fourth-order valence-electron chi connectivity index (χ4n) is 2.90. The molecule has 4 rings (SSSR count). The molecule has 0 saturated heterocycles. The SMILES string of the molecule is Cc1ccc(O)c(/C=N\NC(=O)c2cc3c(C)nn(-c4ccccc4)c3s2)c1. The average molecular weight is 390 g/mol. The fourth-order valence-corrected chi connectivity index (χ4v) is 3.97. The van der Waals surface area contributed by atoms with Crippen molar-refractivity contribution in [2.24, 2.45) is 5.10 Å². The second-order valence-electron chi connectivity index (χ2n) is 6.42. The molecule has 0 bridgehead atoms. The lowest BCUT2D eigenvalue weighted by Gasteiger charge is -2.01. The molecule has 1 amide bonds. The number of hydrogen-bond donors (Lipinski definition) is 2. The molecule has 2 aromatic heterocycles. The van der Waals surface area contributed by atoms with Crippen molar-refractivity contribution in [3.8, 4) is 11.4 Å². The molecule has 0 radical (unpaired) electrons. The Morgan fingerprint density at radius 1 is 1.18 bits per heavy atom. The first-order valence-corrected chi connectivity index (χ1v) is 9.52. The number of benzene rings is 2. The summed E-state index contributed by atoms with van der Waals surface area (Å²) in [6, 6.07) is 16.8. The number of thiophene rings is 1. The second-order valence-corrected chi connectivity index (χ2v) is 7.45. The molecule has 6 nitrogen and oxygen atoms in total. The molecule has 0 aliphatic rings. The van der Waals surface area contributed by atoms with E-state index in [1.807, 2.05) is 54.9 Å². The van der Waals surface area contributed by atoms with E-state index in [0.29, 0.717) is 10.4 Å². The van der Waals surface area contributed by atoms with Crippen LogP contribution in [0.3, 0.4) is 0 Å². The van der Waals surface area contributed by atoms with Crippen LogP contribution in [0.5, 0.6) is 5.75 Å². The highest BCUT2D eigenvalue weighted by molar-refractivity contribution is 7.20. The van der Waals surface area contributed by atoms with Crippen LogP contribution in [0.1, 0.15) is 26.5 Å². The molecule has 0 unspecified atom stereocenters. The number of aromatic hydroxyl groups is 1. The molecule has 7 heteroatoms. The van der Waals surface area contributed by atoms with Crippen molar-refractivity contribution >= 4 is 33.7 Å². The molecule has 0 saturated carbocycles. The molecular weight excluding hydrogens is 372 g/mol. The van der Waals surface area contributed by atoms with E-state index in [1.165, 1.54) is 17.6 Å². The first-order chi connectivity index (χ1) is 13.5. The van der Waals surface area contributed by atoms with Gasteiger partial charge in [0.25, 0.3) is 5.91 Å². The maximum atomic E-state index is 12.5. The average Bonchev–Trinajstić information content (AvgIpc) is 3.26. The van der Waals surface area contributed by atoms with Crippen LogP contribution in [0.4, 0.5) is 0 Å². The Hall–Kier alpha value is -3.45. The number of aryl methyl sites for hydroxylation is 2. The van der Waals surface area contributed by atoms with E-state index >= 15 is 0 Å². The molecule has 0 atom stereocenters. The van der Waals surface area contributed by atoms with Gasteiger partial charge in [0.2, 0.25) is 0 Å². The number of fused-ring (bicyclic) bond motifs is 1. The number of nitrogens with zero attached hydrogens (tertiary/aromatic N) is 3. The third-order valence-electron chi connectivity index (χ3n) is 4.32. The lowest BCUT2D eigenvalue weighted by Crippen LogP contribution is -2.16. The maximum absolute atomic E-state index is 12.5. The van der Waals surface area contributed by atoms with Gasteiger partial charge in [-0.05, 0) is 44.2 Å². The number of hydrazone groups is 1. The van der Waals surface area contributed by atoms with Crippen molar-refractivity contribution in [3.05, 3.63) is 76.3 Å². The summed E-state index contributed by atoms with van der Waals surface area (Å²) in [5, 5.41) is 19.3. The topological polar surface area (TPSA) is 79.5 Å². The molecule has 0 fully saturated rings. The van der Waals surface area contributed by atoms with E-state index in [0.717, 1.165) is 27.2 Å². The molecule has 4 aromatic rings. The maximum Gasteiger partial charge on any atom is 0.281 e. The summed E-state index contributed by atoms with van der Waals surface area (Å²) in [6.45, 7) is 3.85. The summed E-state index contributed by atoms with van der Waals surface area (Å²) in [4.78, 5) is 14.0. The van der Waals surface area contributed by atoms with Gasteiger partial charge in [-0.25, -0.2) is 10.1 Å². The highest BCUT2D eigenvalue weighted by Crippen LogP contribution is 2.30. The molecule has 28 heavy (non-hydrogen) atoms. The van der Waals surface area contributed by atoms with Gasteiger partial charge in [-0.1, -0.05) is 29.8 Å². The number of carbonyl (C=O) groups is 1. The number of phenolic OH excluding ortho intramolecular Hbond substituents is 1. The normalized spacial score (nSPS) is 11.4. The number of hydrogen-bond acceptors (Lipinski definition) is 5. The van der Waals surface area contributed by atoms with Gasteiger partial charge in [-0.2, -0.15) is 10.2 Å². The number of aromatic nitrogens is 2. The van der Waals surface area contributed by atoms with Crippen molar-refractivity contribution in [1.82, 2.24) is 15.2 Å². The Balaban J connectivity index is 1.58. The minimum Gasteiger partial charge on any atom is -0.507 e. The summed E-state index contributed by atoms with van der Waals surface area (Å²) in [5.41, 5.74) is 5.88. The van der Waals surface area contributed by atoms with Gasteiger partial charge in [-0.15, -0.1) is 11.3 Å². The fraction of sp³-hybridized carbons (Fsp3) is 0.0952. The highest BCUT2D eigenvalue weighted by atomic mass is 32.1. The summed E-state index contributed by atoms with van der Waals surface area (Å²) in [5.74, 6) is -0.187. The number of amides is 1. The number of nitrogens with one attached hydrogen (secondary N) is 1. The predicted octanol–water partition coefficient (Wildman–Crippen LogP) is 4.17. The van der Waals surface area contributed by atoms with Crippen LogP contribution < -0.4 is 5.43 Å². The van der Waals surface area contributed by atoms with Crippen LogP contribution in [0, 0.1) is 13.8 Å². The molecule has 0 aliphatic carbocycles. The van der Waals surface area contributed by atoms with E-state index in [2.05, 4.69) is 15.6 Å². The Bertz CT molecular complexity index is 1190. The van der Waals surface area contributed by atoms with Gasteiger partial charge in [0, 0.05) is 10.9 Å². The molecule has 2 aromatic carbocycles. The zero-order chi connectivity index (χ0) is 19.7. The van der Waals surface area contributed by atoms with Gasteiger partial charge in [0.15, 0.2) is 0 Å². The second kappa shape index (κ2) is 7.28. The van der Waals surface area contributed by atoms with Crippen molar-refractivity contribution in [3.63, 3.8) is 0 Å². The molecule has 0 aliphatic heterocycles. The lowest BCUT2D eigenvalue weighted by molar-refractivity contribution is 0.0959. The zero-order valence-corrected chi connectivity index (χ0v) is 16.2. The lowest BCUT2D eigenvalue weighted by atomic mass is 10.1. The molecule has 2 heterocycles. The molecular formula is C21H18N4O2S. The summed E-state index contributed by atoms with van der Waals surface area (Å²) in [7, 11) is 0. The first-order valence-electron chi connectivity index (χ1n) is 8.70. The van der Waals surface area contributed by atoms with Crippen molar-refractivity contribution < 1.29 is 9.90 Å². The molecule has 2 N–H and O–H groups in total. The first kappa shape index (κ1) is 17.9.